The van der Waals surface area contributed by atoms with Crippen LogP contribution in [0.15, 0.2) is 83.3 Å². The van der Waals surface area contributed by atoms with Gasteiger partial charge in [-0.2, -0.15) is 0 Å². The Morgan fingerprint density at radius 1 is 0.914 bits per heavy atom. The summed E-state index contributed by atoms with van der Waals surface area (Å²) in [6, 6.07) is 23.1. The van der Waals surface area contributed by atoms with Crippen LogP contribution in [-0.2, 0) is 28.3 Å². The Morgan fingerprint density at radius 3 is 2.17 bits per heavy atom. The third kappa shape index (κ3) is 8.82. The molecule has 0 aliphatic rings. The molecule has 35 heavy (non-hydrogen) atoms. The Labute approximate surface area is 219 Å². The van der Waals surface area contributed by atoms with Gasteiger partial charge in [0.1, 0.15) is 11.9 Å². The average molecular weight is 558 g/mol. The molecule has 0 fully saturated rings. The maximum absolute atomic E-state index is 13.5. The maximum atomic E-state index is 13.5. The summed E-state index contributed by atoms with van der Waals surface area (Å²) in [5.74, 6) is 0.238. The molecule has 0 saturated heterocycles. The molecule has 0 aliphatic carbocycles. The van der Waals surface area contributed by atoms with E-state index in [9.17, 15) is 14.0 Å². The average Bonchev–Trinajstić information content (AvgIpc) is 2.84. The standard InChI is InChI=1S/C28H30BrFN2O2S/c1-20(2)31-28(34)26(16-21-6-4-3-5-7-21)32(17-22-8-12-24(29)13-9-22)27(33)19-35-18-23-10-14-25(30)15-11-23/h3-15,20,26H,16-19H2,1-2H3,(H,31,34)/t26-/m0/s1. The molecule has 0 aliphatic heterocycles. The van der Waals surface area contributed by atoms with Crippen LogP contribution in [0.2, 0.25) is 0 Å². The Balaban J connectivity index is 1.83. The molecule has 4 nitrogen and oxygen atoms in total. The van der Waals surface area contributed by atoms with Crippen molar-refractivity contribution >= 4 is 39.5 Å². The van der Waals surface area contributed by atoms with Gasteiger partial charge in [0.2, 0.25) is 11.8 Å². The summed E-state index contributed by atoms with van der Waals surface area (Å²) in [5.41, 5.74) is 2.88. The van der Waals surface area contributed by atoms with Crippen LogP contribution in [-0.4, -0.2) is 34.6 Å². The van der Waals surface area contributed by atoms with Gasteiger partial charge in [-0.05, 0) is 54.8 Å². The Hall–Kier alpha value is -2.64. The number of halogens is 2. The van der Waals surface area contributed by atoms with E-state index in [4.69, 9.17) is 0 Å². The molecular formula is C28H30BrFN2O2S. The number of hydrogen-bond acceptors (Lipinski definition) is 3. The monoisotopic (exact) mass is 556 g/mol. The lowest BCUT2D eigenvalue weighted by Crippen LogP contribution is -2.52. The molecule has 3 aromatic rings. The summed E-state index contributed by atoms with van der Waals surface area (Å²) < 4.78 is 14.2. The van der Waals surface area contributed by atoms with E-state index < -0.39 is 6.04 Å². The van der Waals surface area contributed by atoms with Gasteiger partial charge in [-0.25, -0.2) is 4.39 Å². The van der Waals surface area contributed by atoms with Crippen molar-refractivity contribution in [2.24, 2.45) is 0 Å². The fraction of sp³-hybridized carbons (Fsp3) is 0.286. The number of amides is 2. The molecule has 0 unspecified atom stereocenters. The number of carbonyl (C=O) groups is 2. The first-order valence-corrected chi connectivity index (χ1v) is 13.5. The van der Waals surface area contributed by atoms with Gasteiger partial charge in [-0.15, -0.1) is 11.8 Å². The number of nitrogens with one attached hydrogen (secondary N) is 1. The summed E-state index contributed by atoms with van der Waals surface area (Å²) in [6.45, 7) is 4.15. The van der Waals surface area contributed by atoms with Gasteiger partial charge >= 0.3 is 0 Å². The van der Waals surface area contributed by atoms with Crippen molar-refractivity contribution < 1.29 is 14.0 Å². The predicted octanol–water partition coefficient (Wildman–Crippen LogP) is 5.99. The number of thioether (sulfide) groups is 1. The molecule has 0 saturated carbocycles. The van der Waals surface area contributed by atoms with Crippen LogP contribution in [0.4, 0.5) is 4.39 Å². The number of hydrogen-bond donors (Lipinski definition) is 1. The zero-order valence-corrected chi connectivity index (χ0v) is 22.3. The van der Waals surface area contributed by atoms with Crippen molar-refractivity contribution in [2.45, 2.75) is 44.6 Å². The third-order valence-electron chi connectivity index (χ3n) is 5.38. The van der Waals surface area contributed by atoms with Gasteiger partial charge in [0.05, 0.1) is 5.75 Å². The molecule has 1 atom stereocenters. The van der Waals surface area contributed by atoms with Gasteiger partial charge < -0.3 is 10.2 Å². The summed E-state index contributed by atoms with van der Waals surface area (Å²) in [4.78, 5) is 28.5. The molecule has 7 heteroatoms. The molecule has 0 spiro atoms. The largest absolute Gasteiger partial charge is 0.352 e. The zero-order chi connectivity index (χ0) is 25.2. The minimum Gasteiger partial charge on any atom is -0.352 e. The van der Waals surface area contributed by atoms with E-state index in [-0.39, 0.29) is 29.4 Å². The Kier molecular flexibility index (Phi) is 10.4. The minimum absolute atomic E-state index is 0.0433. The van der Waals surface area contributed by atoms with E-state index in [1.54, 1.807) is 17.0 Å². The Morgan fingerprint density at radius 2 is 1.54 bits per heavy atom. The second-order valence-electron chi connectivity index (χ2n) is 8.64. The van der Waals surface area contributed by atoms with Crippen molar-refractivity contribution in [1.29, 1.82) is 0 Å². The Bertz CT molecular complexity index is 1090. The molecule has 3 rings (SSSR count). The lowest BCUT2D eigenvalue weighted by Gasteiger charge is -2.32. The highest BCUT2D eigenvalue weighted by atomic mass is 79.9. The molecule has 0 radical (unpaired) electrons. The molecule has 0 bridgehead atoms. The van der Waals surface area contributed by atoms with Crippen molar-refractivity contribution in [3.63, 3.8) is 0 Å². The maximum Gasteiger partial charge on any atom is 0.243 e. The van der Waals surface area contributed by atoms with Gasteiger partial charge in [-0.3, -0.25) is 9.59 Å². The lowest BCUT2D eigenvalue weighted by molar-refractivity contribution is -0.139. The van der Waals surface area contributed by atoms with Crippen molar-refractivity contribution in [2.75, 3.05) is 5.75 Å². The zero-order valence-electron chi connectivity index (χ0n) is 19.9. The van der Waals surface area contributed by atoms with Crippen LogP contribution in [0.5, 0.6) is 0 Å². The van der Waals surface area contributed by atoms with Crippen LogP contribution in [0.1, 0.15) is 30.5 Å². The SMILES string of the molecule is CC(C)NC(=O)[C@H](Cc1ccccc1)N(Cc1ccc(Br)cc1)C(=O)CSCc1ccc(F)cc1. The lowest BCUT2D eigenvalue weighted by atomic mass is 10.0. The molecular weight excluding hydrogens is 527 g/mol. The molecule has 1 N–H and O–H groups in total. The first-order chi connectivity index (χ1) is 16.8. The smallest absolute Gasteiger partial charge is 0.243 e. The molecule has 0 aromatic heterocycles. The topological polar surface area (TPSA) is 49.4 Å². The number of nitrogens with zero attached hydrogens (tertiary/aromatic N) is 1. The third-order valence-corrected chi connectivity index (χ3v) is 6.89. The van der Waals surface area contributed by atoms with Crippen LogP contribution in [0.3, 0.4) is 0 Å². The van der Waals surface area contributed by atoms with E-state index in [1.165, 1.54) is 23.9 Å². The molecule has 3 aromatic carbocycles. The van der Waals surface area contributed by atoms with Crippen LogP contribution in [0.25, 0.3) is 0 Å². The summed E-state index contributed by atoms with van der Waals surface area (Å²) >= 11 is 4.91. The van der Waals surface area contributed by atoms with Gasteiger partial charge in [0.25, 0.3) is 0 Å². The second-order valence-corrected chi connectivity index (χ2v) is 10.5. The van der Waals surface area contributed by atoms with Crippen LogP contribution >= 0.6 is 27.7 Å². The first-order valence-electron chi connectivity index (χ1n) is 11.5. The van der Waals surface area contributed by atoms with E-state index in [2.05, 4.69) is 21.2 Å². The number of rotatable bonds is 11. The summed E-state index contributed by atoms with van der Waals surface area (Å²) in [7, 11) is 0. The van der Waals surface area contributed by atoms with E-state index in [1.807, 2.05) is 68.4 Å². The fourth-order valence-corrected chi connectivity index (χ4v) is 4.78. The van der Waals surface area contributed by atoms with E-state index >= 15 is 0 Å². The summed E-state index contributed by atoms with van der Waals surface area (Å²) in [5, 5.41) is 3.00. The number of benzene rings is 3. The second kappa shape index (κ2) is 13.4. The molecule has 0 heterocycles. The van der Waals surface area contributed by atoms with Crippen LogP contribution in [0, 0.1) is 5.82 Å². The summed E-state index contributed by atoms with van der Waals surface area (Å²) in [6.07, 6.45) is 0.421. The van der Waals surface area contributed by atoms with Crippen molar-refractivity contribution in [1.82, 2.24) is 10.2 Å². The van der Waals surface area contributed by atoms with E-state index in [0.717, 1.165) is 21.2 Å². The number of carbonyl (C=O) groups excluding carboxylic acids is 2. The van der Waals surface area contributed by atoms with Gasteiger partial charge in [0, 0.05) is 29.2 Å². The van der Waals surface area contributed by atoms with Crippen molar-refractivity contribution in [3.05, 3.63) is 106 Å². The molecule has 184 valence electrons. The predicted molar refractivity (Wildman–Crippen MR) is 144 cm³/mol. The van der Waals surface area contributed by atoms with E-state index in [0.29, 0.717) is 18.7 Å². The highest BCUT2D eigenvalue weighted by Gasteiger charge is 2.30. The minimum atomic E-state index is -0.651. The normalized spacial score (nSPS) is 11.8. The van der Waals surface area contributed by atoms with Crippen LogP contribution < -0.4 is 5.32 Å². The van der Waals surface area contributed by atoms with Gasteiger partial charge in [-0.1, -0.05) is 70.5 Å². The first kappa shape index (κ1) is 27.0. The van der Waals surface area contributed by atoms with Crippen molar-refractivity contribution in [3.8, 4) is 0 Å². The fourth-order valence-electron chi connectivity index (χ4n) is 3.64. The quantitative estimate of drug-likeness (QED) is 0.315. The van der Waals surface area contributed by atoms with Gasteiger partial charge in [0.15, 0.2) is 0 Å². The highest BCUT2D eigenvalue weighted by Crippen LogP contribution is 2.20. The molecule has 2 amide bonds. The highest BCUT2D eigenvalue weighted by molar-refractivity contribution is 9.10.